The molecule has 0 amide bonds. The molecule has 1 saturated heterocycles. The second-order valence-electron chi connectivity index (χ2n) is 11.6. The predicted molar refractivity (Wildman–Crippen MR) is 178 cm³/mol. The quantitative estimate of drug-likeness (QED) is 0.168. The maximum atomic E-state index is 12.2. The Balaban J connectivity index is 1.03. The molecule has 0 aliphatic carbocycles. The monoisotopic (exact) mass is 638 g/mol. The van der Waals surface area contributed by atoms with Gasteiger partial charge < -0.3 is 19.8 Å². The molecule has 0 radical (unpaired) electrons. The Bertz CT molecular complexity index is 1920. The third kappa shape index (κ3) is 7.11. The molecule has 0 spiro atoms. The van der Waals surface area contributed by atoms with Gasteiger partial charge in [0, 0.05) is 67.3 Å². The van der Waals surface area contributed by atoms with Gasteiger partial charge in [-0.15, -0.1) is 10.2 Å². The Hall–Kier alpha value is -4.60. The van der Waals surface area contributed by atoms with Gasteiger partial charge in [-0.3, -0.25) is 19.6 Å². The average Bonchev–Trinajstić information content (AvgIpc) is 3.54. The molecule has 1 aliphatic rings. The first-order chi connectivity index (χ1) is 22.3. The van der Waals surface area contributed by atoms with Crippen LogP contribution in [0.1, 0.15) is 42.5 Å². The molecular formula is C34H35ClN8O3. The minimum absolute atomic E-state index is 0.0392. The number of nitrogens with zero attached hydrogens (tertiary/aromatic N) is 6. The van der Waals surface area contributed by atoms with E-state index in [9.17, 15) is 9.90 Å². The molecule has 3 N–H and O–H groups in total. The Morgan fingerprint density at radius 1 is 1.04 bits per heavy atom. The van der Waals surface area contributed by atoms with E-state index in [1.807, 2.05) is 37.4 Å². The van der Waals surface area contributed by atoms with Crippen LogP contribution in [-0.4, -0.2) is 67.4 Å². The lowest BCUT2D eigenvalue weighted by Crippen LogP contribution is -2.45. The Morgan fingerprint density at radius 3 is 2.41 bits per heavy atom. The molecule has 0 saturated carbocycles. The van der Waals surface area contributed by atoms with Crippen molar-refractivity contribution in [3.8, 4) is 11.5 Å². The van der Waals surface area contributed by atoms with Gasteiger partial charge in [0.1, 0.15) is 6.04 Å². The van der Waals surface area contributed by atoms with E-state index in [1.54, 1.807) is 25.1 Å². The van der Waals surface area contributed by atoms with Gasteiger partial charge in [0.2, 0.25) is 17.5 Å². The van der Waals surface area contributed by atoms with Gasteiger partial charge in [-0.2, -0.15) is 0 Å². The molecular weight excluding hydrogens is 604 g/mol. The Kier molecular flexibility index (Phi) is 9.42. The van der Waals surface area contributed by atoms with Crippen molar-refractivity contribution in [3.63, 3.8) is 0 Å². The van der Waals surface area contributed by atoms with Crippen molar-refractivity contribution in [2.45, 2.75) is 45.5 Å². The van der Waals surface area contributed by atoms with E-state index in [0.29, 0.717) is 28.7 Å². The van der Waals surface area contributed by atoms with Crippen LogP contribution in [0, 0.1) is 6.57 Å². The standard InChI is InChI=1S/C34H35ClN8O3/c1-4-24-16-29-30(39-32(24)45)15-23(18-37-29)20-43-13-11-42(12-14-43)19-22-5-7-25(8-6-22)33-40-41-34(46-33)31(21(2)44)38-26-9-10-28(36-3)27(35)17-26/h5-10,15-18,21,31,38,44H,4,11-14,19-20H2,1-2H3,(H,39,45)/t21-,31+/m0/s1. The van der Waals surface area contributed by atoms with Crippen LogP contribution >= 0.6 is 11.6 Å². The number of pyridine rings is 2. The van der Waals surface area contributed by atoms with Crippen molar-refractivity contribution in [1.82, 2.24) is 30.0 Å². The topological polar surface area (TPSA) is 128 Å². The van der Waals surface area contributed by atoms with E-state index in [0.717, 1.165) is 67.0 Å². The van der Waals surface area contributed by atoms with Gasteiger partial charge in [0.05, 0.1) is 23.7 Å². The minimum atomic E-state index is -0.834. The maximum absolute atomic E-state index is 12.2. The molecule has 1 fully saturated rings. The van der Waals surface area contributed by atoms with Gasteiger partial charge in [-0.1, -0.05) is 36.7 Å². The number of aliphatic hydroxyl groups excluding tert-OH is 1. The van der Waals surface area contributed by atoms with Gasteiger partial charge >= 0.3 is 0 Å². The van der Waals surface area contributed by atoms with Crippen LogP contribution in [0.4, 0.5) is 11.4 Å². The van der Waals surface area contributed by atoms with E-state index >= 15 is 0 Å². The first kappa shape index (κ1) is 31.4. The van der Waals surface area contributed by atoms with Gasteiger partial charge in [-0.25, -0.2) is 4.85 Å². The van der Waals surface area contributed by atoms with Crippen LogP contribution in [0.3, 0.4) is 0 Å². The predicted octanol–water partition coefficient (Wildman–Crippen LogP) is 5.59. The van der Waals surface area contributed by atoms with Crippen LogP contribution in [0.15, 0.2) is 70.0 Å². The van der Waals surface area contributed by atoms with Crippen molar-refractivity contribution in [3.05, 3.63) is 110 Å². The van der Waals surface area contributed by atoms with Crippen LogP contribution in [0.5, 0.6) is 0 Å². The number of hydrogen-bond acceptors (Lipinski definition) is 9. The fraction of sp³-hybridized carbons (Fsp3) is 0.324. The number of aromatic nitrogens is 4. The number of hydrogen-bond donors (Lipinski definition) is 3. The minimum Gasteiger partial charge on any atom is -0.418 e. The summed E-state index contributed by atoms with van der Waals surface area (Å²) >= 11 is 6.18. The van der Waals surface area contributed by atoms with Gasteiger partial charge in [0.15, 0.2) is 0 Å². The molecule has 3 aromatic heterocycles. The van der Waals surface area contributed by atoms with Crippen molar-refractivity contribution in [2.75, 3.05) is 31.5 Å². The van der Waals surface area contributed by atoms with Crippen LogP contribution in [0.25, 0.3) is 27.3 Å². The third-order valence-electron chi connectivity index (χ3n) is 8.26. The number of anilines is 1. The van der Waals surface area contributed by atoms with Crippen molar-refractivity contribution in [2.24, 2.45) is 0 Å². The molecule has 2 atom stereocenters. The summed E-state index contributed by atoms with van der Waals surface area (Å²) in [7, 11) is 0. The molecule has 46 heavy (non-hydrogen) atoms. The van der Waals surface area contributed by atoms with Gasteiger partial charge in [0.25, 0.3) is 5.56 Å². The number of aromatic amines is 1. The first-order valence-corrected chi connectivity index (χ1v) is 15.7. The largest absolute Gasteiger partial charge is 0.418 e. The summed E-state index contributed by atoms with van der Waals surface area (Å²) in [6, 6.07) is 16.3. The van der Waals surface area contributed by atoms with Crippen LogP contribution in [-0.2, 0) is 19.5 Å². The molecule has 6 rings (SSSR count). The highest BCUT2D eigenvalue weighted by Gasteiger charge is 2.25. The van der Waals surface area contributed by atoms with Crippen molar-refractivity contribution < 1.29 is 9.52 Å². The summed E-state index contributed by atoms with van der Waals surface area (Å²) in [4.78, 5) is 28.0. The molecule has 236 valence electrons. The Labute approximate surface area is 271 Å². The first-order valence-electron chi connectivity index (χ1n) is 15.3. The zero-order chi connectivity index (χ0) is 32.2. The molecule has 12 heteroatoms. The summed E-state index contributed by atoms with van der Waals surface area (Å²) < 4.78 is 5.97. The normalized spacial score (nSPS) is 15.5. The number of nitrogens with one attached hydrogen (secondary N) is 2. The van der Waals surface area contributed by atoms with E-state index < -0.39 is 12.1 Å². The highest BCUT2D eigenvalue weighted by Crippen LogP contribution is 2.31. The van der Waals surface area contributed by atoms with Crippen molar-refractivity contribution >= 4 is 34.0 Å². The SMILES string of the molecule is [C-]#[N+]c1ccc(N[C@@H](c2nnc(-c3ccc(CN4CCN(Cc5cnc6cc(CC)c(=O)[nH]c6c5)CC4)cc3)o2)[C@H](C)O)cc1Cl. The number of halogens is 1. The van der Waals surface area contributed by atoms with Crippen molar-refractivity contribution in [1.29, 1.82) is 0 Å². The molecule has 0 unspecified atom stereocenters. The van der Waals surface area contributed by atoms with E-state index in [1.165, 1.54) is 5.56 Å². The number of piperazine rings is 1. The molecule has 2 aromatic carbocycles. The van der Waals surface area contributed by atoms with E-state index in [2.05, 4.69) is 52.3 Å². The Morgan fingerprint density at radius 2 is 1.76 bits per heavy atom. The molecule has 1 aliphatic heterocycles. The summed E-state index contributed by atoms with van der Waals surface area (Å²) in [5.41, 5.74) is 6.37. The number of aliphatic hydroxyl groups is 1. The number of aryl methyl sites for hydroxylation is 1. The lowest BCUT2D eigenvalue weighted by molar-refractivity contribution is 0.122. The number of rotatable bonds is 10. The van der Waals surface area contributed by atoms with E-state index in [-0.39, 0.29) is 11.4 Å². The molecule has 0 bridgehead atoms. The highest BCUT2D eigenvalue weighted by molar-refractivity contribution is 6.33. The zero-order valence-electron chi connectivity index (χ0n) is 25.7. The third-order valence-corrected chi connectivity index (χ3v) is 8.57. The summed E-state index contributed by atoms with van der Waals surface area (Å²) in [6.07, 6.45) is 1.76. The summed E-state index contributed by atoms with van der Waals surface area (Å²) in [5.74, 6) is 0.609. The fourth-order valence-corrected chi connectivity index (χ4v) is 5.85. The van der Waals surface area contributed by atoms with Crippen LogP contribution in [0.2, 0.25) is 5.02 Å². The zero-order valence-corrected chi connectivity index (χ0v) is 26.5. The molecule has 11 nitrogen and oxygen atoms in total. The van der Waals surface area contributed by atoms with Gasteiger partial charge in [-0.05, 0) is 60.9 Å². The number of H-pyrrole nitrogens is 1. The number of benzene rings is 2. The highest BCUT2D eigenvalue weighted by atomic mass is 35.5. The number of fused-ring (bicyclic) bond motifs is 1. The maximum Gasteiger partial charge on any atom is 0.251 e. The second-order valence-corrected chi connectivity index (χ2v) is 12.0. The summed E-state index contributed by atoms with van der Waals surface area (Å²) in [5, 5.41) is 22.3. The van der Waals surface area contributed by atoms with E-state index in [4.69, 9.17) is 22.6 Å². The second kappa shape index (κ2) is 13.8. The average molecular weight is 639 g/mol. The smallest absolute Gasteiger partial charge is 0.251 e. The molecule has 4 heterocycles. The van der Waals surface area contributed by atoms with Crippen LogP contribution < -0.4 is 10.9 Å². The molecule has 5 aromatic rings. The lowest BCUT2D eigenvalue weighted by atomic mass is 10.1. The lowest BCUT2D eigenvalue weighted by Gasteiger charge is -2.34. The summed E-state index contributed by atoms with van der Waals surface area (Å²) in [6.45, 7) is 16.2. The fourth-order valence-electron chi connectivity index (χ4n) is 5.62.